The molecule has 43 valence electrons. The van der Waals surface area contributed by atoms with Gasteiger partial charge in [0.25, 0.3) is 0 Å². The largest absolute Gasteiger partial charge is 0.358 e. The average molecular weight is 142 g/mol. The molecule has 0 aliphatic heterocycles. The Labute approximate surface area is 91.5 Å². The van der Waals surface area contributed by atoms with Crippen molar-refractivity contribution < 1.29 is 4.84 Å². The predicted molar refractivity (Wildman–Crippen MR) is 32.4 cm³/mol. The Balaban J connectivity index is 0. The molecule has 0 aromatic carbocycles. The van der Waals surface area contributed by atoms with Crippen LogP contribution < -0.4 is 0 Å². The summed E-state index contributed by atoms with van der Waals surface area (Å²) in [6.45, 7) is 5.28. The van der Waals surface area contributed by atoms with Gasteiger partial charge in [0.05, 0.1) is 0 Å². The van der Waals surface area contributed by atoms with Crippen LogP contribution in [0.3, 0.4) is 0 Å². The monoisotopic (exact) mass is 142 g/mol. The molecule has 8 heavy (non-hydrogen) atoms. The summed E-state index contributed by atoms with van der Waals surface area (Å²) >= 11 is 0. The number of hydrogen-bond donors (Lipinski definition) is 0. The first-order valence-corrected chi connectivity index (χ1v) is 2.07. The SMILES string of the molecule is CC(C)(C)ON=O.[K]. The van der Waals surface area contributed by atoms with Crippen LogP contribution in [0, 0.1) is 4.91 Å². The number of rotatable bonds is 1. The molecule has 1 radical (unpaired) electrons. The predicted octanol–water partition coefficient (Wildman–Crippen LogP) is 1.10. The topological polar surface area (TPSA) is 38.7 Å². The molecule has 0 saturated heterocycles. The summed E-state index contributed by atoms with van der Waals surface area (Å²) in [4.78, 5) is 13.6. The van der Waals surface area contributed by atoms with Crippen molar-refractivity contribution in [3.05, 3.63) is 4.91 Å². The van der Waals surface area contributed by atoms with E-state index in [0.717, 1.165) is 0 Å². The van der Waals surface area contributed by atoms with Crippen LogP contribution in [0.5, 0.6) is 0 Å². The molecule has 0 bridgehead atoms. The normalized spacial score (nSPS) is 9.38. The Morgan fingerprint density at radius 3 is 1.75 bits per heavy atom. The molecule has 0 aliphatic rings. The molecule has 0 aromatic rings. The third kappa shape index (κ3) is 10.1. The van der Waals surface area contributed by atoms with Gasteiger partial charge in [0.15, 0.2) is 5.34 Å². The van der Waals surface area contributed by atoms with Gasteiger partial charge in [0.1, 0.15) is 5.60 Å². The van der Waals surface area contributed by atoms with Gasteiger partial charge < -0.3 is 4.84 Å². The molecule has 0 rings (SSSR count). The smallest absolute Gasteiger partial charge is 0.155 e. The van der Waals surface area contributed by atoms with Crippen LogP contribution in [0.1, 0.15) is 20.8 Å². The Bertz CT molecular complexity index is 68.9. The quantitative estimate of drug-likeness (QED) is 0.312. The van der Waals surface area contributed by atoms with Crippen LogP contribution >= 0.6 is 0 Å². The zero-order chi connectivity index (χ0) is 5.91. The van der Waals surface area contributed by atoms with Gasteiger partial charge in [0, 0.05) is 51.4 Å². The van der Waals surface area contributed by atoms with Gasteiger partial charge in [0.2, 0.25) is 0 Å². The van der Waals surface area contributed by atoms with E-state index in [1.54, 1.807) is 20.8 Å². The summed E-state index contributed by atoms with van der Waals surface area (Å²) in [7, 11) is 0. The second-order valence-corrected chi connectivity index (χ2v) is 2.28. The van der Waals surface area contributed by atoms with Crippen LogP contribution in [0.25, 0.3) is 0 Å². The third-order valence-corrected chi connectivity index (χ3v) is 0.311. The van der Waals surface area contributed by atoms with E-state index >= 15 is 0 Å². The maximum absolute atomic E-state index is 9.35. The average Bonchev–Trinajstić information content (AvgIpc) is 1.30. The molecule has 0 heterocycles. The van der Waals surface area contributed by atoms with Crippen molar-refractivity contribution >= 4 is 51.4 Å². The third-order valence-electron chi connectivity index (χ3n) is 0.311. The number of hydrogen-bond acceptors (Lipinski definition) is 3. The van der Waals surface area contributed by atoms with Crippen molar-refractivity contribution in [2.75, 3.05) is 0 Å². The second kappa shape index (κ2) is 4.87. The first-order valence-electron chi connectivity index (χ1n) is 2.07. The zero-order valence-corrected chi connectivity index (χ0v) is 8.89. The molecule has 4 heteroatoms. The first kappa shape index (κ1) is 11.8. The van der Waals surface area contributed by atoms with Crippen LogP contribution in [0.4, 0.5) is 0 Å². The van der Waals surface area contributed by atoms with Gasteiger partial charge >= 0.3 is 0 Å². The van der Waals surface area contributed by atoms with Crippen molar-refractivity contribution in [1.29, 1.82) is 0 Å². The summed E-state index contributed by atoms with van der Waals surface area (Å²) in [5.41, 5.74) is -0.429. The Morgan fingerprint density at radius 1 is 1.38 bits per heavy atom. The van der Waals surface area contributed by atoms with Gasteiger partial charge in [-0.1, -0.05) is 0 Å². The molecule has 0 fully saturated rings. The van der Waals surface area contributed by atoms with E-state index < -0.39 is 5.60 Å². The van der Waals surface area contributed by atoms with Gasteiger partial charge in [-0.25, -0.2) is 0 Å². The van der Waals surface area contributed by atoms with Crippen molar-refractivity contribution in [3.8, 4) is 0 Å². The number of nitrogens with zero attached hydrogens (tertiary/aromatic N) is 1. The Morgan fingerprint density at radius 2 is 1.75 bits per heavy atom. The van der Waals surface area contributed by atoms with Crippen LogP contribution in [-0.4, -0.2) is 57.0 Å². The molecule has 0 atom stereocenters. The molecular weight excluding hydrogens is 133 g/mol. The van der Waals surface area contributed by atoms with E-state index in [2.05, 4.69) is 10.2 Å². The fraction of sp³-hybridized carbons (Fsp3) is 1.00. The van der Waals surface area contributed by atoms with Crippen LogP contribution in [0.15, 0.2) is 5.34 Å². The van der Waals surface area contributed by atoms with E-state index in [9.17, 15) is 4.91 Å². The standard InChI is InChI=1S/C4H9NO2.K/c1-4(2,3)7-5-6;/h1-3H3;. The molecule has 0 aliphatic carbocycles. The van der Waals surface area contributed by atoms with Gasteiger partial charge in [-0.2, -0.15) is 0 Å². The maximum Gasteiger partial charge on any atom is 0.155 e. The molecule has 0 aromatic heterocycles. The van der Waals surface area contributed by atoms with E-state index in [1.165, 1.54) is 0 Å². The van der Waals surface area contributed by atoms with E-state index in [0.29, 0.717) is 0 Å². The van der Waals surface area contributed by atoms with Crippen molar-refractivity contribution in [2.24, 2.45) is 5.34 Å². The minimum atomic E-state index is -0.429. The Kier molecular flexibility index (Phi) is 7.18. The summed E-state index contributed by atoms with van der Waals surface area (Å²) in [5.74, 6) is 0. The molecule has 0 amide bonds. The Hall–Kier alpha value is 1.04. The fourth-order valence-electron chi connectivity index (χ4n) is 0.112. The molecular formula is C4H9KNO2. The van der Waals surface area contributed by atoms with E-state index in [1.807, 2.05) is 0 Å². The summed E-state index contributed by atoms with van der Waals surface area (Å²) < 4.78 is 0. The van der Waals surface area contributed by atoms with Gasteiger partial charge in [-0.15, -0.1) is 4.91 Å². The van der Waals surface area contributed by atoms with Gasteiger partial charge in [-0.3, -0.25) is 0 Å². The van der Waals surface area contributed by atoms with Gasteiger partial charge in [-0.05, 0) is 20.8 Å². The molecule has 0 spiro atoms. The summed E-state index contributed by atoms with van der Waals surface area (Å²) in [5, 5.41) is 2.26. The van der Waals surface area contributed by atoms with Crippen LogP contribution in [-0.2, 0) is 4.84 Å². The summed E-state index contributed by atoms with van der Waals surface area (Å²) in [6.07, 6.45) is 0. The van der Waals surface area contributed by atoms with E-state index in [4.69, 9.17) is 0 Å². The summed E-state index contributed by atoms with van der Waals surface area (Å²) in [6, 6.07) is 0. The first-order chi connectivity index (χ1) is 3.06. The molecule has 0 N–H and O–H groups in total. The molecule has 0 unspecified atom stereocenters. The molecule has 3 nitrogen and oxygen atoms in total. The van der Waals surface area contributed by atoms with Crippen LogP contribution in [0.2, 0.25) is 0 Å². The minimum Gasteiger partial charge on any atom is -0.358 e. The van der Waals surface area contributed by atoms with E-state index in [-0.39, 0.29) is 51.4 Å². The zero-order valence-electron chi connectivity index (χ0n) is 5.76. The fourth-order valence-corrected chi connectivity index (χ4v) is 0.112. The van der Waals surface area contributed by atoms with Crippen molar-refractivity contribution in [3.63, 3.8) is 0 Å². The van der Waals surface area contributed by atoms with Crippen molar-refractivity contribution in [2.45, 2.75) is 26.4 Å². The van der Waals surface area contributed by atoms with Crippen molar-refractivity contribution in [1.82, 2.24) is 0 Å². The second-order valence-electron chi connectivity index (χ2n) is 2.28. The minimum absolute atomic E-state index is 0. The molecule has 0 saturated carbocycles. The maximum atomic E-state index is 9.35.